The van der Waals surface area contributed by atoms with Crippen molar-refractivity contribution in [3.8, 4) is 11.5 Å². The van der Waals surface area contributed by atoms with Gasteiger partial charge in [-0.25, -0.2) is 4.99 Å². The van der Waals surface area contributed by atoms with Gasteiger partial charge in [-0.1, -0.05) is 0 Å². The minimum Gasteiger partial charge on any atom is -0.454 e. The molecular formula is C8H11N3O6S. The van der Waals surface area contributed by atoms with Gasteiger partial charge in [0.25, 0.3) is 0 Å². The molecule has 9 nitrogen and oxygen atoms in total. The van der Waals surface area contributed by atoms with E-state index in [1.54, 1.807) is 18.2 Å². The van der Waals surface area contributed by atoms with E-state index in [1.807, 2.05) is 0 Å². The van der Waals surface area contributed by atoms with Crippen LogP contribution in [0.25, 0.3) is 0 Å². The monoisotopic (exact) mass is 277 g/mol. The molecule has 1 heterocycles. The van der Waals surface area contributed by atoms with Crippen LogP contribution in [-0.2, 0) is 10.4 Å². The highest BCUT2D eigenvalue weighted by Gasteiger charge is 2.12. The summed E-state index contributed by atoms with van der Waals surface area (Å²) in [5.41, 5.74) is 11.1. The van der Waals surface area contributed by atoms with Crippen LogP contribution >= 0.6 is 0 Å². The van der Waals surface area contributed by atoms with Gasteiger partial charge in [0.2, 0.25) is 6.79 Å². The third-order valence-electron chi connectivity index (χ3n) is 1.61. The van der Waals surface area contributed by atoms with Gasteiger partial charge in [-0.05, 0) is 12.1 Å². The summed E-state index contributed by atoms with van der Waals surface area (Å²) >= 11 is 0. The van der Waals surface area contributed by atoms with E-state index >= 15 is 0 Å². The molecular weight excluding hydrogens is 266 g/mol. The first kappa shape index (κ1) is 14.0. The lowest BCUT2D eigenvalue weighted by Crippen LogP contribution is -2.21. The number of nitrogens with two attached hydrogens (primary N) is 2. The molecule has 10 heteroatoms. The second kappa shape index (κ2) is 5.53. The number of guanidine groups is 1. The van der Waals surface area contributed by atoms with Crippen molar-refractivity contribution in [2.45, 2.75) is 0 Å². The fraction of sp³-hybridized carbons (Fsp3) is 0.125. The highest BCUT2D eigenvalue weighted by molar-refractivity contribution is 7.79. The van der Waals surface area contributed by atoms with Crippen LogP contribution in [0.2, 0.25) is 0 Å². The minimum absolute atomic E-state index is 0.0267. The number of ether oxygens (including phenoxy) is 2. The molecule has 0 saturated carbocycles. The van der Waals surface area contributed by atoms with Crippen LogP contribution in [0.4, 0.5) is 5.69 Å². The molecule has 0 fully saturated rings. The molecule has 0 bridgehead atoms. The first-order valence-corrected chi connectivity index (χ1v) is 5.84. The topological polar surface area (TPSA) is 157 Å². The van der Waals surface area contributed by atoms with Gasteiger partial charge in [-0.15, -0.1) is 0 Å². The Labute approximate surface area is 103 Å². The van der Waals surface area contributed by atoms with Gasteiger partial charge in [-0.3, -0.25) is 9.11 Å². The molecule has 18 heavy (non-hydrogen) atoms. The van der Waals surface area contributed by atoms with E-state index < -0.39 is 10.4 Å². The van der Waals surface area contributed by atoms with Crippen molar-refractivity contribution in [3.05, 3.63) is 18.2 Å². The van der Waals surface area contributed by atoms with Crippen molar-refractivity contribution in [2.75, 3.05) is 6.79 Å². The van der Waals surface area contributed by atoms with Crippen LogP contribution in [0.15, 0.2) is 23.2 Å². The molecule has 0 aromatic heterocycles. The highest BCUT2D eigenvalue weighted by atomic mass is 32.3. The number of rotatable bonds is 1. The Balaban J connectivity index is 0.000000280. The Hall–Kier alpha value is -2.04. The van der Waals surface area contributed by atoms with E-state index in [0.29, 0.717) is 11.4 Å². The highest BCUT2D eigenvalue weighted by Crippen LogP contribution is 2.34. The van der Waals surface area contributed by atoms with Crippen LogP contribution < -0.4 is 20.9 Å². The third kappa shape index (κ3) is 5.34. The van der Waals surface area contributed by atoms with Crippen molar-refractivity contribution in [1.82, 2.24) is 0 Å². The number of fused-ring (bicyclic) bond motifs is 1. The zero-order valence-electron chi connectivity index (χ0n) is 8.98. The van der Waals surface area contributed by atoms with Crippen LogP contribution in [0.5, 0.6) is 11.5 Å². The van der Waals surface area contributed by atoms with Crippen molar-refractivity contribution in [1.29, 1.82) is 0 Å². The summed E-state index contributed by atoms with van der Waals surface area (Å²) in [5, 5.41) is 0. The average Bonchev–Trinajstić information content (AvgIpc) is 2.60. The molecule has 1 aliphatic rings. The molecule has 0 amide bonds. The maximum absolute atomic E-state index is 8.74. The van der Waals surface area contributed by atoms with Gasteiger partial charge in [0.05, 0.1) is 5.69 Å². The quantitative estimate of drug-likeness (QED) is 0.308. The molecule has 6 N–H and O–H groups in total. The second-order valence-electron chi connectivity index (χ2n) is 3.02. The summed E-state index contributed by atoms with van der Waals surface area (Å²) in [4.78, 5) is 3.87. The minimum atomic E-state index is -4.67. The predicted molar refractivity (Wildman–Crippen MR) is 62.2 cm³/mol. The van der Waals surface area contributed by atoms with Crippen molar-refractivity contribution in [3.63, 3.8) is 0 Å². The maximum atomic E-state index is 8.74. The van der Waals surface area contributed by atoms with Crippen LogP contribution in [0.3, 0.4) is 0 Å². The number of hydrogen-bond acceptors (Lipinski definition) is 5. The van der Waals surface area contributed by atoms with E-state index in [9.17, 15) is 0 Å². The summed E-state index contributed by atoms with van der Waals surface area (Å²) in [6.45, 7) is 0.251. The Bertz CT molecular complexity index is 544. The summed E-state index contributed by atoms with van der Waals surface area (Å²) < 4.78 is 41.9. The summed E-state index contributed by atoms with van der Waals surface area (Å²) in [6.07, 6.45) is 0. The van der Waals surface area contributed by atoms with Gasteiger partial charge in [-0.2, -0.15) is 8.42 Å². The molecule has 1 aromatic rings. The van der Waals surface area contributed by atoms with Gasteiger partial charge in [0.1, 0.15) is 0 Å². The molecule has 0 radical (unpaired) electrons. The third-order valence-corrected chi connectivity index (χ3v) is 1.61. The zero-order valence-corrected chi connectivity index (χ0v) is 9.79. The first-order chi connectivity index (χ1) is 8.25. The number of hydrogen-bond donors (Lipinski definition) is 4. The Kier molecular flexibility index (Phi) is 4.31. The zero-order chi connectivity index (χ0) is 13.8. The van der Waals surface area contributed by atoms with E-state index in [4.69, 9.17) is 38.5 Å². The lowest BCUT2D eigenvalue weighted by Gasteiger charge is -1.97. The molecule has 0 aliphatic carbocycles. The van der Waals surface area contributed by atoms with E-state index in [0.717, 1.165) is 5.75 Å². The van der Waals surface area contributed by atoms with Crippen molar-refractivity contribution >= 4 is 22.0 Å². The van der Waals surface area contributed by atoms with Gasteiger partial charge >= 0.3 is 10.4 Å². The largest absolute Gasteiger partial charge is 0.454 e. The number of nitrogens with zero attached hydrogens (tertiary/aromatic N) is 1. The standard InChI is InChI=1S/C8H9N3O2.H2O4S/c9-8(10)11-5-1-2-6-7(3-5)13-4-12-6;1-5(2,3)4/h1-3H,4H2,(H4,9,10,11);(H2,1,2,3,4). The average molecular weight is 277 g/mol. The van der Waals surface area contributed by atoms with Gasteiger partial charge in [0.15, 0.2) is 17.5 Å². The second-order valence-corrected chi connectivity index (χ2v) is 3.92. The molecule has 0 saturated heterocycles. The molecule has 1 aromatic carbocycles. The predicted octanol–water partition coefficient (Wildman–Crippen LogP) is -0.333. The Morgan fingerprint density at radius 1 is 1.22 bits per heavy atom. The summed E-state index contributed by atoms with van der Waals surface area (Å²) in [6, 6.07) is 5.25. The number of benzene rings is 1. The molecule has 1 aliphatic heterocycles. The van der Waals surface area contributed by atoms with Crippen LogP contribution in [0, 0.1) is 0 Å². The summed E-state index contributed by atoms with van der Waals surface area (Å²) in [7, 11) is -4.67. The molecule has 100 valence electrons. The van der Waals surface area contributed by atoms with E-state index in [1.165, 1.54) is 0 Å². The molecule has 0 unspecified atom stereocenters. The molecule has 0 atom stereocenters. The Morgan fingerprint density at radius 3 is 2.33 bits per heavy atom. The van der Waals surface area contributed by atoms with Crippen molar-refractivity contribution < 1.29 is 27.0 Å². The SMILES string of the molecule is NC(N)=Nc1ccc2c(c1)OCO2.O=S(=O)(O)O. The van der Waals surface area contributed by atoms with Gasteiger partial charge < -0.3 is 20.9 Å². The maximum Gasteiger partial charge on any atom is 0.394 e. The lowest BCUT2D eigenvalue weighted by molar-refractivity contribution is 0.174. The molecule has 0 spiro atoms. The smallest absolute Gasteiger partial charge is 0.394 e. The number of aliphatic imine (C=N–C) groups is 1. The fourth-order valence-corrected chi connectivity index (χ4v) is 1.10. The van der Waals surface area contributed by atoms with E-state index in [2.05, 4.69) is 4.99 Å². The van der Waals surface area contributed by atoms with E-state index in [-0.39, 0.29) is 12.8 Å². The summed E-state index contributed by atoms with van der Waals surface area (Å²) in [5.74, 6) is 1.41. The normalized spacial score (nSPS) is 12.3. The van der Waals surface area contributed by atoms with Gasteiger partial charge in [0, 0.05) is 6.07 Å². The van der Waals surface area contributed by atoms with Crippen LogP contribution in [0.1, 0.15) is 0 Å². The molecule has 2 rings (SSSR count). The fourth-order valence-electron chi connectivity index (χ4n) is 1.10. The Morgan fingerprint density at radius 2 is 1.78 bits per heavy atom. The van der Waals surface area contributed by atoms with Crippen molar-refractivity contribution in [2.24, 2.45) is 16.5 Å². The van der Waals surface area contributed by atoms with Crippen LogP contribution in [-0.4, -0.2) is 30.3 Å². The lowest BCUT2D eigenvalue weighted by atomic mass is 10.3. The first-order valence-electron chi connectivity index (χ1n) is 4.45.